The molecule has 2 aromatic rings. The first-order chi connectivity index (χ1) is 7.79. The number of thiazole rings is 1. The summed E-state index contributed by atoms with van der Waals surface area (Å²) in [6.07, 6.45) is 4.58. The largest absolute Gasteiger partial charge is 0.490 e. The maximum absolute atomic E-state index is 5.61. The Hall–Kier alpha value is -1.36. The molecule has 2 rings (SSSR count). The predicted molar refractivity (Wildman–Crippen MR) is 64.0 cm³/mol. The van der Waals surface area contributed by atoms with Gasteiger partial charge in [0, 0.05) is 17.8 Å². The van der Waals surface area contributed by atoms with E-state index in [0.717, 1.165) is 24.4 Å². The number of hydrogen-bond donors (Lipinski definition) is 0. The first-order valence-electron chi connectivity index (χ1n) is 5.34. The van der Waals surface area contributed by atoms with Crippen molar-refractivity contribution < 1.29 is 4.74 Å². The van der Waals surface area contributed by atoms with Gasteiger partial charge in [-0.1, -0.05) is 0 Å². The van der Waals surface area contributed by atoms with E-state index in [0.29, 0.717) is 6.61 Å². The Morgan fingerprint density at radius 1 is 1.50 bits per heavy atom. The lowest BCUT2D eigenvalue weighted by molar-refractivity contribution is 0.322. The molecule has 16 heavy (non-hydrogen) atoms. The molecule has 0 aliphatic carbocycles. The van der Waals surface area contributed by atoms with Crippen LogP contribution in [0.15, 0.2) is 17.9 Å². The smallest absolute Gasteiger partial charge is 0.157 e. The van der Waals surface area contributed by atoms with E-state index in [4.69, 9.17) is 4.74 Å². The molecule has 0 aliphatic heterocycles. The van der Waals surface area contributed by atoms with Gasteiger partial charge in [-0.3, -0.25) is 4.68 Å². The van der Waals surface area contributed by atoms with E-state index in [1.54, 1.807) is 17.5 Å². The Morgan fingerprint density at radius 2 is 2.38 bits per heavy atom. The molecule has 5 heteroatoms. The Balaban J connectivity index is 1.82. The van der Waals surface area contributed by atoms with Gasteiger partial charge in [-0.25, -0.2) is 4.98 Å². The van der Waals surface area contributed by atoms with E-state index >= 15 is 0 Å². The second kappa shape index (κ2) is 5.12. The highest BCUT2D eigenvalue weighted by Gasteiger charge is 2.02. The summed E-state index contributed by atoms with van der Waals surface area (Å²) in [6, 6.07) is 0. The van der Waals surface area contributed by atoms with Crippen LogP contribution in [0.25, 0.3) is 0 Å². The lowest BCUT2D eigenvalue weighted by Crippen LogP contribution is -2.00. The Bertz CT molecular complexity index is 450. The van der Waals surface area contributed by atoms with Crippen LogP contribution >= 0.6 is 11.3 Å². The Kier molecular flexibility index (Phi) is 3.56. The van der Waals surface area contributed by atoms with Crippen LogP contribution in [0.2, 0.25) is 0 Å². The van der Waals surface area contributed by atoms with Crippen LogP contribution in [0.3, 0.4) is 0 Å². The summed E-state index contributed by atoms with van der Waals surface area (Å²) in [7, 11) is 0. The van der Waals surface area contributed by atoms with Crippen molar-refractivity contribution >= 4 is 11.3 Å². The lowest BCUT2D eigenvalue weighted by atomic mass is 10.3. The summed E-state index contributed by atoms with van der Waals surface area (Å²) in [6.45, 7) is 5.63. The molecule has 0 radical (unpaired) electrons. The van der Waals surface area contributed by atoms with Crippen molar-refractivity contribution in [3.05, 3.63) is 28.5 Å². The lowest BCUT2D eigenvalue weighted by Gasteiger charge is -2.01. The fourth-order valence-corrected chi connectivity index (χ4v) is 2.18. The first kappa shape index (κ1) is 11.1. The zero-order valence-corrected chi connectivity index (χ0v) is 10.3. The summed E-state index contributed by atoms with van der Waals surface area (Å²) < 4.78 is 7.47. The Morgan fingerprint density at radius 3 is 3.00 bits per heavy atom. The number of aromatic nitrogens is 3. The SMILES string of the molecule is CCn1cc(OCCc2scnc2C)cn1. The molecule has 0 bridgehead atoms. The van der Waals surface area contributed by atoms with Crippen LogP contribution in [-0.4, -0.2) is 21.4 Å². The molecule has 0 aromatic carbocycles. The minimum Gasteiger partial charge on any atom is -0.490 e. The zero-order chi connectivity index (χ0) is 11.4. The van der Waals surface area contributed by atoms with Crippen LogP contribution in [0.5, 0.6) is 5.75 Å². The second-order valence-electron chi connectivity index (χ2n) is 3.49. The summed E-state index contributed by atoms with van der Waals surface area (Å²) in [5.41, 5.74) is 2.98. The van der Waals surface area contributed by atoms with Crippen molar-refractivity contribution in [1.29, 1.82) is 0 Å². The van der Waals surface area contributed by atoms with Crippen LogP contribution in [0.1, 0.15) is 17.5 Å². The molecule has 2 aromatic heterocycles. The molecule has 0 unspecified atom stereocenters. The van der Waals surface area contributed by atoms with E-state index in [1.807, 2.05) is 23.3 Å². The third kappa shape index (κ3) is 2.61. The fraction of sp³-hybridized carbons (Fsp3) is 0.455. The minimum atomic E-state index is 0.679. The van der Waals surface area contributed by atoms with Crippen molar-refractivity contribution in [1.82, 2.24) is 14.8 Å². The first-order valence-corrected chi connectivity index (χ1v) is 6.21. The molecule has 0 N–H and O–H groups in total. The molecular weight excluding hydrogens is 222 g/mol. The van der Waals surface area contributed by atoms with E-state index in [2.05, 4.69) is 17.0 Å². The highest BCUT2D eigenvalue weighted by molar-refractivity contribution is 7.09. The van der Waals surface area contributed by atoms with Crippen molar-refractivity contribution in [2.24, 2.45) is 0 Å². The monoisotopic (exact) mass is 237 g/mol. The summed E-state index contributed by atoms with van der Waals surface area (Å²) in [5, 5.41) is 4.15. The minimum absolute atomic E-state index is 0.679. The van der Waals surface area contributed by atoms with Crippen molar-refractivity contribution in [2.45, 2.75) is 26.8 Å². The van der Waals surface area contributed by atoms with Gasteiger partial charge in [-0.15, -0.1) is 11.3 Å². The van der Waals surface area contributed by atoms with E-state index in [9.17, 15) is 0 Å². The van der Waals surface area contributed by atoms with Crippen LogP contribution in [-0.2, 0) is 13.0 Å². The summed E-state index contributed by atoms with van der Waals surface area (Å²) >= 11 is 1.68. The van der Waals surface area contributed by atoms with Crippen molar-refractivity contribution in [3.63, 3.8) is 0 Å². The van der Waals surface area contributed by atoms with E-state index in [-0.39, 0.29) is 0 Å². The average Bonchev–Trinajstić information content (AvgIpc) is 2.89. The standard InChI is InChI=1S/C11H15N3OS/c1-3-14-7-10(6-13-14)15-5-4-11-9(2)12-8-16-11/h6-8H,3-5H2,1-2H3. The normalized spacial score (nSPS) is 10.6. The van der Waals surface area contributed by atoms with Gasteiger partial charge in [0.05, 0.1) is 30.2 Å². The number of rotatable bonds is 5. The van der Waals surface area contributed by atoms with Gasteiger partial charge in [-0.05, 0) is 13.8 Å². The number of ether oxygens (including phenoxy) is 1. The molecule has 0 spiro atoms. The molecule has 2 heterocycles. The topological polar surface area (TPSA) is 39.9 Å². The van der Waals surface area contributed by atoms with E-state index in [1.165, 1.54) is 4.88 Å². The average molecular weight is 237 g/mol. The third-order valence-corrected chi connectivity index (χ3v) is 3.37. The molecular formula is C11H15N3OS. The zero-order valence-electron chi connectivity index (χ0n) is 9.51. The number of aryl methyl sites for hydroxylation is 2. The van der Waals surface area contributed by atoms with Gasteiger partial charge in [0.25, 0.3) is 0 Å². The number of hydrogen-bond acceptors (Lipinski definition) is 4. The van der Waals surface area contributed by atoms with Gasteiger partial charge in [0.1, 0.15) is 0 Å². The quantitative estimate of drug-likeness (QED) is 0.801. The molecule has 0 saturated heterocycles. The summed E-state index contributed by atoms with van der Waals surface area (Å²) in [5.74, 6) is 0.837. The second-order valence-corrected chi connectivity index (χ2v) is 4.43. The number of nitrogens with zero attached hydrogens (tertiary/aromatic N) is 3. The maximum Gasteiger partial charge on any atom is 0.157 e. The third-order valence-electron chi connectivity index (χ3n) is 2.38. The fourth-order valence-electron chi connectivity index (χ4n) is 1.42. The van der Waals surface area contributed by atoms with Gasteiger partial charge < -0.3 is 4.74 Å². The van der Waals surface area contributed by atoms with Crippen LogP contribution in [0, 0.1) is 6.92 Å². The van der Waals surface area contributed by atoms with Gasteiger partial charge in [0.15, 0.2) is 5.75 Å². The summed E-state index contributed by atoms with van der Waals surface area (Å²) in [4.78, 5) is 5.50. The van der Waals surface area contributed by atoms with Crippen LogP contribution in [0.4, 0.5) is 0 Å². The van der Waals surface area contributed by atoms with Gasteiger partial charge >= 0.3 is 0 Å². The molecule has 0 fully saturated rings. The van der Waals surface area contributed by atoms with Crippen molar-refractivity contribution in [3.8, 4) is 5.75 Å². The van der Waals surface area contributed by atoms with Gasteiger partial charge in [0.2, 0.25) is 0 Å². The molecule has 0 aliphatic rings. The molecule has 0 amide bonds. The molecule has 86 valence electrons. The highest BCUT2D eigenvalue weighted by Crippen LogP contribution is 2.14. The maximum atomic E-state index is 5.61. The van der Waals surface area contributed by atoms with Crippen LogP contribution < -0.4 is 4.74 Å². The molecule has 0 atom stereocenters. The predicted octanol–water partition coefficient (Wildman–Crippen LogP) is 2.29. The molecule has 0 saturated carbocycles. The Labute approximate surface area is 98.9 Å². The highest BCUT2D eigenvalue weighted by atomic mass is 32.1. The van der Waals surface area contributed by atoms with E-state index < -0.39 is 0 Å². The van der Waals surface area contributed by atoms with Gasteiger partial charge in [-0.2, -0.15) is 5.10 Å². The van der Waals surface area contributed by atoms with Crippen molar-refractivity contribution in [2.75, 3.05) is 6.61 Å². The molecule has 4 nitrogen and oxygen atoms in total.